The number of nitrogens with zero attached hydrogens (tertiary/aromatic N) is 1. The molecule has 1 aromatic heterocycles. The van der Waals surface area contributed by atoms with Gasteiger partial charge in [0, 0.05) is 24.1 Å². The normalized spacial score (nSPS) is 11.9. The molecule has 0 aliphatic rings. The summed E-state index contributed by atoms with van der Waals surface area (Å²) in [5.74, 6) is 0.692. The van der Waals surface area contributed by atoms with Gasteiger partial charge in [-0.1, -0.05) is 79.2 Å². The van der Waals surface area contributed by atoms with E-state index < -0.39 is 0 Å². The highest BCUT2D eigenvalue weighted by atomic mass is 16.5. The molecule has 0 fully saturated rings. The molecule has 0 saturated carbocycles. The number of amides is 1. The highest BCUT2D eigenvalue weighted by Gasteiger charge is 2.16. The van der Waals surface area contributed by atoms with Gasteiger partial charge in [0.05, 0.1) is 0 Å². The number of carbonyl (C=O) groups is 1. The second-order valence-electron chi connectivity index (χ2n) is 6.05. The number of rotatable bonds is 7. The highest BCUT2D eigenvalue weighted by molar-refractivity contribution is 5.93. The Balaban J connectivity index is 1.65. The fourth-order valence-electron chi connectivity index (χ4n) is 2.89. The summed E-state index contributed by atoms with van der Waals surface area (Å²) in [6.45, 7) is 2.74. The Morgan fingerprint density at radius 2 is 1.76 bits per heavy atom. The molecule has 128 valence electrons. The van der Waals surface area contributed by atoms with Crippen LogP contribution in [0.2, 0.25) is 0 Å². The molecule has 2 aromatic carbocycles. The van der Waals surface area contributed by atoms with Crippen LogP contribution in [-0.4, -0.2) is 17.6 Å². The minimum atomic E-state index is -0.206. The van der Waals surface area contributed by atoms with Gasteiger partial charge in [-0.25, -0.2) is 0 Å². The lowest BCUT2D eigenvalue weighted by Crippen LogP contribution is -2.28. The number of hydrogen-bond donors (Lipinski definition) is 1. The van der Waals surface area contributed by atoms with Crippen LogP contribution in [0.4, 0.5) is 0 Å². The second kappa shape index (κ2) is 8.29. The maximum atomic E-state index is 12.4. The first-order valence-corrected chi connectivity index (χ1v) is 8.63. The second-order valence-corrected chi connectivity index (χ2v) is 6.05. The molecule has 25 heavy (non-hydrogen) atoms. The maximum Gasteiger partial charge on any atom is 0.273 e. The van der Waals surface area contributed by atoms with Crippen LogP contribution in [0.3, 0.4) is 0 Å². The topological polar surface area (TPSA) is 55.1 Å². The number of benzene rings is 2. The molecule has 3 aromatic rings. The molecular weight excluding hydrogens is 312 g/mol. The van der Waals surface area contributed by atoms with Crippen molar-refractivity contribution in [1.82, 2.24) is 10.5 Å². The van der Waals surface area contributed by atoms with Crippen molar-refractivity contribution in [2.75, 3.05) is 6.54 Å². The van der Waals surface area contributed by atoms with Crippen molar-refractivity contribution in [2.45, 2.75) is 25.7 Å². The van der Waals surface area contributed by atoms with Gasteiger partial charge in [-0.2, -0.15) is 0 Å². The van der Waals surface area contributed by atoms with Crippen molar-refractivity contribution in [3.8, 4) is 11.3 Å². The monoisotopic (exact) mass is 334 g/mol. The Morgan fingerprint density at radius 3 is 2.44 bits per heavy atom. The Bertz CT molecular complexity index is 797. The zero-order valence-electron chi connectivity index (χ0n) is 14.3. The van der Waals surface area contributed by atoms with Crippen LogP contribution in [0.5, 0.6) is 0 Å². The van der Waals surface area contributed by atoms with Gasteiger partial charge in [0.15, 0.2) is 11.5 Å². The van der Waals surface area contributed by atoms with E-state index in [1.165, 1.54) is 5.56 Å². The molecule has 1 amide bonds. The predicted octanol–water partition coefficient (Wildman–Crippen LogP) is 4.66. The lowest BCUT2D eigenvalue weighted by molar-refractivity contribution is 0.0941. The summed E-state index contributed by atoms with van der Waals surface area (Å²) in [5.41, 5.74) is 2.46. The van der Waals surface area contributed by atoms with E-state index >= 15 is 0 Å². The van der Waals surface area contributed by atoms with Gasteiger partial charge in [-0.15, -0.1) is 0 Å². The van der Waals surface area contributed by atoms with E-state index in [2.05, 4.69) is 29.5 Å². The summed E-state index contributed by atoms with van der Waals surface area (Å²) in [5, 5.41) is 6.89. The third kappa shape index (κ3) is 4.35. The van der Waals surface area contributed by atoms with Crippen molar-refractivity contribution in [3.05, 3.63) is 78.0 Å². The third-order valence-corrected chi connectivity index (χ3v) is 4.22. The third-order valence-electron chi connectivity index (χ3n) is 4.22. The smallest absolute Gasteiger partial charge is 0.273 e. The summed E-state index contributed by atoms with van der Waals surface area (Å²) < 4.78 is 5.30. The molecule has 0 spiro atoms. The SMILES string of the molecule is CCCC(CNC(=O)c1cc(-c2ccccc2)on1)c1ccccc1. The van der Waals surface area contributed by atoms with Gasteiger partial charge in [-0.3, -0.25) is 4.79 Å². The maximum absolute atomic E-state index is 12.4. The lowest BCUT2D eigenvalue weighted by atomic mass is 9.94. The molecule has 3 rings (SSSR count). The van der Waals surface area contributed by atoms with Gasteiger partial charge >= 0.3 is 0 Å². The van der Waals surface area contributed by atoms with Crippen LogP contribution < -0.4 is 5.32 Å². The summed E-state index contributed by atoms with van der Waals surface area (Å²) in [7, 11) is 0. The lowest BCUT2D eigenvalue weighted by Gasteiger charge is -2.17. The summed E-state index contributed by atoms with van der Waals surface area (Å²) >= 11 is 0. The van der Waals surface area contributed by atoms with E-state index in [1.54, 1.807) is 6.07 Å². The number of hydrogen-bond acceptors (Lipinski definition) is 3. The first-order chi connectivity index (χ1) is 12.3. The summed E-state index contributed by atoms with van der Waals surface area (Å²) in [4.78, 5) is 12.4. The quantitative estimate of drug-likeness (QED) is 0.684. The molecule has 0 aliphatic carbocycles. The van der Waals surface area contributed by atoms with Crippen molar-refractivity contribution in [2.24, 2.45) is 0 Å². The minimum Gasteiger partial charge on any atom is -0.355 e. The molecule has 4 heteroatoms. The highest BCUT2D eigenvalue weighted by Crippen LogP contribution is 2.21. The molecule has 1 atom stereocenters. The molecule has 4 nitrogen and oxygen atoms in total. The van der Waals surface area contributed by atoms with E-state index in [9.17, 15) is 4.79 Å². The number of aromatic nitrogens is 1. The molecule has 1 heterocycles. The van der Waals surface area contributed by atoms with E-state index in [0.717, 1.165) is 18.4 Å². The first kappa shape index (κ1) is 17.0. The molecule has 1 N–H and O–H groups in total. The van der Waals surface area contributed by atoms with Gasteiger partial charge < -0.3 is 9.84 Å². The van der Waals surface area contributed by atoms with Crippen LogP contribution >= 0.6 is 0 Å². The average molecular weight is 334 g/mol. The molecule has 0 aliphatic heterocycles. The van der Waals surface area contributed by atoms with Crippen LogP contribution in [-0.2, 0) is 0 Å². The fraction of sp³-hybridized carbons (Fsp3) is 0.238. The molecular formula is C21H22N2O2. The Morgan fingerprint density at radius 1 is 1.08 bits per heavy atom. The van der Waals surface area contributed by atoms with E-state index in [-0.39, 0.29) is 5.91 Å². The van der Waals surface area contributed by atoms with Crippen molar-refractivity contribution < 1.29 is 9.32 Å². The van der Waals surface area contributed by atoms with E-state index in [4.69, 9.17) is 4.52 Å². The zero-order chi connectivity index (χ0) is 17.5. The first-order valence-electron chi connectivity index (χ1n) is 8.63. The minimum absolute atomic E-state index is 0.206. The van der Waals surface area contributed by atoms with Gasteiger partial charge in [0.25, 0.3) is 5.91 Å². The largest absolute Gasteiger partial charge is 0.355 e. The zero-order valence-corrected chi connectivity index (χ0v) is 14.3. The summed E-state index contributed by atoms with van der Waals surface area (Å²) in [6, 6.07) is 21.6. The Hall–Kier alpha value is -2.88. The van der Waals surface area contributed by atoms with Crippen molar-refractivity contribution >= 4 is 5.91 Å². The molecule has 1 unspecified atom stereocenters. The summed E-state index contributed by atoms with van der Waals surface area (Å²) in [6.07, 6.45) is 2.09. The molecule has 0 bridgehead atoms. The molecule has 0 radical (unpaired) electrons. The van der Waals surface area contributed by atoms with Crippen molar-refractivity contribution in [3.63, 3.8) is 0 Å². The van der Waals surface area contributed by atoms with Gasteiger partial charge in [0.2, 0.25) is 0 Å². The van der Waals surface area contributed by atoms with Crippen LogP contribution in [0.1, 0.15) is 41.7 Å². The Kier molecular flexibility index (Phi) is 5.62. The number of carbonyl (C=O) groups excluding carboxylic acids is 1. The van der Waals surface area contributed by atoms with E-state index in [1.807, 2.05) is 48.5 Å². The molecule has 0 saturated heterocycles. The van der Waals surface area contributed by atoms with E-state index in [0.29, 0.717) is 23.9 Å². The predicted molar refractivity (Wildman–Crippen MR) is 98.4 cm³/mol. The average Bonchev–Trinajstić information content (AvgIpc) is 3.16. The van der Waals surface area contributed by atoms with Crippen LogP contribution in [0.25, 0.3) is 11.3 Å². The van der Waals surface area contributed by atoms with Crippen LogP contribution in [0.15, 0.2) is 71.3 Å². The fourth-order valence-corrected chi connectivity index (χ4v) is 2.89. The standard InChI is InChI=1S/C21H22N2O2/c1-2-9-18(16-10-5-3-6-11-16)15-22-21(24)19-14-20(25-23-19)17-12-7-4-8-13-17/h3-8,10-14,18H,2,9,15H2,1H3,(H,22,24). The Labute approximate surface area is 147 Å². The van der Waals surface area contributed by atoms with Crippen molar-refractivity contribution in [1.29, 1.82) is 0 Å². The number of nitrogens with one attached hydrogen (secondary N) is 1. The van der Waals surface area contributed by atoms with Crippen LogP contribution in [0, 0.1) is 0 Å². The van der Waals surface area contributed by atoms with Gasteiger partial charge in [0.1, 0.15) is 0 Å². The van der Waals surface area contributed by atoms with Gasteiger partial charge in [-0.05, 0) is 12.0 Å².